The van der Waals surface area contributed by atoms with E-state index in [1.54, 1.807) is 0 Å². The first-order chi connectivity index (χ1) is 9.69. The van der Waals surface area contributed by atoms with Crippen LogP contribution in [0.5, 0.6) is 0 Å². The van der Waals surface area contributed by atoms with Crippen LogP contribution < -0.4 is 5.32 Å². The topological polar surface area (TPSA) is 15.3 Å². The van der Waals surface area contributed by atoms with Crippen molar-refractivity contribution < 1.29 is 0 Å². The van der Waals surface area contributed by atoms with Crippen LogP contribution in [0.3, 0.4) is 0 Å². The molecule has 1 aliphatic heterocycles. The van der Waals surface area contributed by atoms with Crippen LogP contribution in [-0.4, -0.2) is 31.1 Å². The largest absolute Gasteiger partial charge is 0.317 e. The van der Waals surface area contributed by atoms with E-state index >= 15 is 0 Å². The minimum Gasteiger partial charge on any atom is -0.317 e. The number of hydrogen-bond acceptors (Lipinski definition) is 2. The third-order valence-corrected chi connectivity index (χ3v) is 4.47. The van der Waals surface area contributed by atoms with Gasteiger partial charge in [0.2, 0.25) is 0 Å². The van der Waals surface area contributed by atoms with Crippen LogP contribution in [0.15, 0.2) is 18.2 Å². The second-order valence-corrected chi connectivity index (χ2v) is 6.43. The zero-order valence-electron chi connectivity index (χ0n) is 12.8. The van der Waals surface area contributed by atoms with Crippen molar-refractivity contribution in [2.45, 2.75) is 39.7 Å². The molecule has 2 rings (SSSR count). The third-order valence-electron chi connectivity index (χ3n) is 4.12. The van der Waals surface area contributed by atoms with Crippen molar-refractivity contribution in [3.8, 4) is 0 Å². The van der Waals surface area contributed by atoms with Crippen molar-refractivity contribution >= 4 is 11.6 Å². The molecule has 2 nitrogen and oxygen atoms in total. The van der Waals surface area contributed by atoms with Gasteiger partial charge in [-0.1, -0.05) is 30.7 Å². The molecule has 1 heterocycles. The molecule has 3 heteroatoms. The van der Waals surface area contributed by atoms with Crippen LogP contribution in [0.1, 0.15) is 37.3 Å². The van der Waals surface area contributed by atoms with E-state index in [1.165, 1.54) is 50.0 Å². The SMILES string of the molecule is CCCN(Cc1ccc(C)cc1Cl)CC1CCNCC1. The number of piperidine rings is 1. The Kier molecular flexibility index (Phi) is 6.34. The molecule has 0 bridgehead atoms. The summed E-state index contributed by atoms with van der Waals surface area (Å²) in [5, 5.41) is 4.36. The number of halogens is 1. The molecule has 0 aromatic heterocycles. The van der Waals surface area contributed by atoms with Gasteiger partial charge in [0.1, 0.15) is 0 Å². The fraction of sp³-hybridized carbons (Fsp3) is 0.647. The van der Waals surface area contributed by atoms with E-state index in [0.717, 1.165) is 24.0 Å². The Balaban J connectivity index is 1.96. The van der Waals surface area contributed by atoms with Gasteiger partial charge in [-0.15, -0.1) is 0 Å². The molecule has 0 unspecified atom stereocenters. The van der Waals surface area contributed by atoms with Gasteiger partial charge in [-0.2, -0.15) is 0 Å². The monoisotopic (exact) mass is 294 g/mol. The standard InChI is InChI=1S/C17H27ClN2/c1-3-10-20(12-15-6-8-19-9-7-15)13-16-5-4-14(2)11-17(16)18/h4-5,11,15,19H,3,6-10,12-13H2,1-2H3. The normalized spacial score (nSPS) is 16.8. The molecule has 1 N–H and O–H groups in total. The maximum Gasteiger partial charge on any atom is 0.0453 e. The van der Waals surface area contributed by atoms with Crippen LogP contribution in [0.25, 0.3) is 0 Å². The predicted octanol–water partition coefficient (Wildman–Crippen LogP) is 3.86. The van der Waals surface area contributed by atoms with Crippen LogP contribution in [0, 0.1) is 12.8 Å². The molecule has 1 aromatic carbocycles. The zero-order valence-corrected chi connectivity index (χ0v) is 13.5. The van der Waals surface area contributed by atoms with Gasteiger partial charge < -0.3 is 5.32 Å². The lowest BCUT2D eigenvalue weighted by Crippen LogP contribution is -2.36. The number of rotatable bonds is 6. The van der Waals surface area contributed by atoms with E-state index in [4.69, 9.17) is 11.6 Å². The van der Waals surface area contributed by atoms with Gasteiger partial charge in [0, 0.05) is 18.1 Å². The van der Waals surface area contributed by atoms with E-state index < -0.39 is 0 Å². The Bertz CT molecular complexity index is 413. The quantitative estimate of drug-likeness (QED) is 0.857. The molecule has 112 valence electrons. The molecule has 0 saturated carbocycles. The molecular formula is C17H27ClN2. The van der Waals surface area contributed by atoms with Crippen molar-refractivity contribution in [2.75, 3.05) is 26.2 Å². The van der Waals surface area contributed by atoms with E-state index in [1.807, 2.05) is 0 Å². The van der Waals surface area contributed by atoms with Gasteiger partial charge in [-0.25, -0.2) is 0 Å². The highest BCUT2D eigenvalue weighted by molar-refractivity contribution is 6.31. The third kappa shape index (κ3) is 4.76. The highest BCUT2D eigenvalue weighted by atomic mass is 35.5. The van der Waals surface area contributed by atoms with Crippen LogP contribution in [0.4, 0.5) is 0 Å². The summed E-state index contributed by atoms with van der Waals surface area (Å²) in [6.07, 6.45) is 3.82. The molecular weight excluding hydrogens is 268 g/mol. The van der Waals surface area contributed by atoms with Crippen LogP contribution in [-0.2, 0) is 6.54 Å². The molecule has 0 aliphatic carbocycles. The van der Waals surface area contributed by atoms with E-state index in [-0.39, 0.29) is 0 Å². The Morgan fingerprint density at radius 1 is 1.30 bits per heavy atom. The Morgan fingerprint density at radius 2 is 2.05 bits per heavy atom. The zero-order chi connectivity index (χ0) is 14.4. The number of nitrogens with zero attached hydrogens (tertiary/aromatic N) is 1. The maximum atomic E-state index is 6.38. The Hall–Kier alpha value is -0.570. The summed E-state index contributed by atoms with van der Waals surface area (Å²) in [6.45, 7) is 10.1. The van der Waals surface area contributed by atoms with Crippen molar-refractivity contribution in [2.24, 2.45) is 5.92 Å². The molecule has 1 aliphatic rings. The van der Waals surface area contributed by atoms with E-state index in [9.17, 15) is 0 Å². The summed E-state index contributed by atoms with van der Waals surface area (Å²) in [6, 6.07) is 6.42. The average Bonchev–Trinajstić information content (AvgIpc) is 2.43. The van der Waals surface area contributed by atoms with Crippen molar-refractivity contribution in [1.29, 1.82) is 0 Å². The van der Waals surface area contributed by atoms with Gasteiger partial charge in [-0.3, -0.25) is 4.90 Å². The molecule has 1 saturated heterocycles. The lowest BCUT2D eigenvalue weighted by Gasteiger charge is -2.30. The molecule has 0 spiro atoms. The highest BCUT2D eigenvalue weighted by Crippen LogP contribution is 2.21. The average molecular weight is 295 g/mol. The molecule has 1 fully saturated rings. The number of hydrogen-bond donors (Lipinski definition) is 1. The van der Waals surface area contributed by atoms with Gasteiger partial charge in [0.05, 0.1) is 0 Å². The summed E-state index contributed by atoms with van der Waals surface area (Å²) >= 11 is 6.38. The number of benzene rings is 1. The minimum atomic E-state index is 0.840. The molecule has 0 atom stereocenters. The lowest BCUT2D eigenvalue weighted by molar-refractivity contribution is 0.199. The first-order valence-corrected chi connectivity index (χ1v) is 8.25. The van der Waals surface area contributed by atoms with E-state index in [2.05, 4.69) is 42.3 Å². The van der Waals surface area contributed by atoms with Gasteiger partial charge >= 0.3 is 0 Å². The summed E-state index contributed by atoms with van der Waals surface area (Å²) in [4.78, 5) is 2.58. The summed E-state index contributed by atoms with van der Waals surface area (Å²) in [5.74, 6) is 0.840. The van der Waals surface area contributed by atoms with Crippen LogP contribution >= 0.6 is 11.6 Å². The van der Waals surface area contributed by atoms with Gasteiger partial charge in [0.15, 0.2) is 0 Å². The summed E-state index contributed by atoms with van der Waals surface area (Å²) in [7, 11) is 0. The van der Waals surface area contributed by atoms with Crippen molar-refractivity contribution in [1.82, 2.24) is 10.2 Å². The van der Waals surface area contributed by atoms with Gasteiger partial charge in [0.25, 0.3) is 0 Å². The van der Waals surface area contributed by atoms with Gasteiger partial charge in [-0.05, 0) is 68.9 Å². The molecule has 0 radical (unpaired) electrons. The van der Waals surface area contributed by atoms with Crippen molar-refractivity contribution in [3.63, 3.8) is 0 Å². The first kappa shape index (κ1) is 15.8. The second kappa shape index (κ2) is 8.02. The van der Waals surface area contributed by atoms with E-state index in [0.29, 0.717) is 0 Å². The van der Waals surface area contributed by atoms with Crippen LogP contribution in [0.2, 0.25) is 5.02 Å². The fourth-order valence-electron chi connectivity index (χ4n) is 3.00. The summed E-state index contributed by atoms with van der Waals surface area (Å²) < 4.78 is 0. The lowest BCUT2D eigenvalue weighted by atomic mass is 9.97. The second-order valence-electron chi connectivity index (χ2n) is 6.02. The molecule has 0 amide bonds. The predicted molar refractivity (Wildman–Crippen MR) is 87.4 cm³/mol. The number of nitrogens with one attached hydrogen (secondary N) is 1. The Labute approximate surface area is 128 Å². The molecule has 1 aromatic rings. The highest BCUT2D eigenvalue weighted by Gasteiger charge is 2.17. The smallest absolute Gasteiger partial charge is 0.0453 e. The minimum absolute atomic E-state index is 0.840. The fourth-order valence-corrected chi connectivity index (χ4v) is 3.30. The number of aryl methyl sites for hydroxylation is 1. The maximum absolute atomic E-state index is 6.38. The first-order valence-electron chi connectivity index (χ1n) is 7.87. The summed E-state index contributed by atoms with van der Waals surface area (Å²) in [5.41, 5.74) is 2.50. The van der Waals surface area contributed by atoms with Crippen molar-refractivity contribution in [3.05, 3.63) is 34.3 Å². The molecule has 20 heavy (non-hydrogen) atoms. The Morgan fingerprint density at radius 3 is 2.70 bits per heavy atom.